The summed E-state index contributed by atoms with van der Waals surface area (Å²) in [5.41, 5.74) is 0.733. The minimum absolute atomic E-state index is 0.0911. The second-order valence-electron chi connectivity index (χ2n) is 3.97. The van der Waals surface area contributed by atoms with Gasteiger partial charge in [0.25, 0.3) is 0 Å². The van der Waals surface area contributed by atoms with E-state index in [1.807, 2.05) is 0 Å². The summed E-state index contributed by atoms with van der Waals surface area (Å²) < 4.78 is 28.2. The fraction of sp³-hybridized carbons (Fsp3) is 0.167. The van der Waals surface area contributed by atoms with Gasteiger partial charge in [-0.1, -0.05) is 0 Å². The molecule has 0 radical (unpaired) electrons. The molecule has 0 atom stereocenters. The number of aromatic nitrogens is 2. The van der Waals surface area contributed by atoms with E-state index in [1.165, 1.54) is 12.1 Å². The lowest BCUT2D eigenvalue weighted by molar-refractivity contribution is 0.457. The van der Waals surface area contributed by atoms with Crippen LogP contribution in [0.1, 0.15) is 5.56 Å². The Morgan fingerprint density at radius 1 is 1.21 bits per heavy atom. The van der Waals surface area contributed by atoms with Crippen molar-refractivity contribution in [1.82, 2.24) is 9.97 Å². The highest BCUT2D eigenvalue weighted by Gasteiger charge is 2.08. The second kappa shape index (κ2) is 5.14. The Balaban J connectivity index is 2.27. The van der Waals surface area contributed by atoms with Crippen LogP contribution in [0.5, 0.6) is 11.6 Å². The summed E-state index contributed by atoms with van der Waals surface area (Å²) in [5.74, 6) is 0.817. The van der Waals surface area contributed by atoms with Crippen molar-refractivity contribution in [1.29, 1.82) is 0 Å². The van der Waals surface area contributed by atoms with Gasteiger partial charge in [-0.3, -0.25) is 0 Å². The molecule has 0 saturated heterocycles. The molecule has 0 N–H and O–H groups in total. The largest absolute Gasteiger partial charge is 0.439 e. The van der Waals surface area contributed by atoms with Crippen LogP contribution in [0.4, 0.5) is 0 Å². The van der Waals surface area contributed by atoms with Crippen LogP contribution in [0.2, 0.25) is 5.28 Å². The lowest BCUT2D eigenvalue weighted by atomic mass is 10.3. The first-order chi connectivity index (χ1) is 8.86. The molecular weight excluding hydrogens is 288 g/mol. The third-order valence-electron chi connectivity index (χ3n) is 2.36. The van der Waals surface area contributed by atoms with E-state index >= 15 is 0 Å². The van der Waals surface area contributed by atoms with Crippen LogP contribution < -0.4 is 4.74 Å². The van der Waals surface area contributed by atoms with Crippen LogP contribution in [0, 0.1) is 6.92 Å². The first kappa shape index (κ1) is 13.8. The fourth-order valence-electron chi connectivity index (χ4n) is 1.38. The highest BCUT2D eigenvalue weighted by molar-refractivity contribution is 7.90. The Hall–Kier alpha value is -1.66. The molecule has 0 unspecified atom stereocenters. The van der Waals surface area contributed by atoms with Gasteiger partial charge in [-0.25, -0.2) is 13.4 Å². The summed E-state index contributed by atoms with van der Waals surface area (Å²) in [6, 6.07) is 6.07. The van der Waals surface area contributed by atoms with Gasteiger partial charge in [0.15, 0.2) is 9.84 Å². The lowest BCUT2D eigenvalue weighted by Crippen LogP contribution is -1.97. The predicted octanol–water partition coefficient (Wildman–Crippen LogP) is 2.63. The molecule has 0 aliphatic rings. The second-order valence-corrected chi connectivity index (χ2v) is 6.33. The molecule has 0 aliphatic carbocycles. The number of hydrogen-bond acceptors (Lipinski definition) is 5. The number of sulfone groups is 1. The van der Waals surface area contributed by atoms with Gasteiger partial charge in [-0.05, 0) is 42.8 Å². The molecule has 0 bridgehead atoms. The molecule has 2 rings (SSSR count). The monoisotopic (exact) mass is 298 g/mol. The molecule has 1 aromatic carbocycles. The van der Waals surface area contributed by atoms with Gasteiger partial charge in [0.2, 0.25) is 11.2 Å². The van der Waals surface area contributed by atoms with E-state index in [0.29, 0.717) is 11.6 Å². The van der Waals surface area contributed by atoms with E-state index in [9.17, 15) is 8.42 Å². The van der Waals surface area contributed by atoms with Gasteiger partial charge >= 0.3 is 0 Å². The molecular formula is C12H11ClN2O3S. The number of aryl methyl sites for hydroxylation is 1. The van der Waals surface area contributed by atoms with Crippen LogP contribution in [-0.2, 0) is 9.84 Å². The van der Waals surface area contributed by atoms with Crippen molar-refractivity contribution in [2.24, 2.45) is 0 Å². The van der Waals surface area contributed by atoms with Crippen molar-refractivity contribution in [3.63, 3.8) is 0 Å². The summed E-state index contributed by atoms with van der Waals surface area (Å²) in [6.45, 7) is 1.79. The third-order valence-corrected chi connectivity index (χ3v) is 3.67. The normalized spacial score (nSPS) is 11.3. The van der Waals surface area contributed by atoms with E-state index in [1.54, 1.807) is 25.3 Å². The van der Waals surface area contributed by atoms with Crippen LogP contribution in [0.25, 0.3) is 0 Å². The van der Waals surface area contributed by atoms with E-state index in [4.69, 9.17) is 16.3 Å². The summed E-state index contributed by atoms with van der Waals surface area (Å²) in [6.07, 6.45) is 2.70. The van der Waals surface area contributed by atoms with Crippen molar-refractivity contribution in [3.05, 3.63) is 41.3 Å². The predicted molar refractivity (Wildman–Crippen MR) is 71.4 cm³/mol. The van der Waals surface area contributed by atoms with Crippen molar-refractivity contribution < 1.29 is 13.2 Å². The fourth-order valence-corrected chi connectivity index (χ4v) is 2.13. The maximum atomic E-state index is 11.3. The van der Waals surface area contributed by atoms with Gasteiger partial charge in [0, 0.05) is 18.0 Å². The Morgan fingerprint density at radius 2 is 1.84 bits per heavy atom. The molecule has 1 heterocycles. The van der Waals surface area contributed by atoms with Crippen LogP contribution in [-0.4, -0.2) is 24.6 Å². The van der Waals surface area contributed by atoms with Crippen molar-refractivity contribution in [2.45, 2.75) is 11.8 Å². The minimum atomic E-state index is -3.21. The zero-order valence-corrected chi connectivity index (χ0v) is 11.9. The summed E-state index contributed by atoms with van der Waals surface area (Å²) in [5, 5.41) is 0.0911. The molecule has 0 fully saturated rings. The topological polar surface area (TPSA) is 69.2 Å². The summed E-state index contributed by atoms with van der Waals surface area (Å²) >= 11 is 5.69. The standard InChI is InChI=1S/C12H11ClN2O3S/c1-8-7-14-12(13)15-11(8)18-9-3-5-10(6-4-9)19(2,16)17/h3-7H,1-2H3. The van der Waals surface area contributed by atoms with E-state index in [-0.39, 0.29) is 10.2 Å². The third kappa shape index (κ3) is 3.42. The Bertz CT molecular complexity index is 699. The Morgan fingerprint density at radius 3 is 2.42 bits per heavy atom. The highest BCUT2D eigenvalue weighted by Crippen LogP contribution is 2.24. The average molecular weight is 299 g/mol. The highest BCUT2D eigenvalue weighted by atomic mass is 35.5. The lowest BCUT2D eigenvalue weighted by Gasteiger charge is -2.07. The molecule has 100 valence electrons. The summed E-state index contributed by atoms with van der Waals surface area (Å²) in [4.78, 5) is 8.01. The van der Waals surface area contributed by atoms with Crippen LogP contribution >= 0.6 is 11.6 Å². The quantitative estimate of drug-likeness (QED) is 0.815. The summed E-state index contributed by atoms with van der Waals surface area (Å²) in [7, 11) is -3.21. The molecule has 5 nitrogen and oxygen atoms in total. The van der Waals surface area contributed by atoms with Crippen LogP contribution in [0.3, 0.4) is 0 Å². The van der Waals surface area contributed by atoms with Gasteiger partial charge in [0.05, 0.1) is 4.90 Å². The molecule has 0 amide bonds. The molecule has 7 heteroatoms. The maximum Gasteiger partial charge on any atom is 0.226 e. The Kier molecular flexibility index (Phi) is 3.73. The molecule has 19 heavy (non-hydrogen) atoms. The number of hydrogen-bond donors (Lipinski definition) is 0. The van der Waals surface area contributed by atoms with Crippen LogP contribution in [0.15, 0.2) is 35.4 Å². The van der Waals surface area contributed by atoms with Crippen molar-refractivity contribution >= 4 is 21.4 Å². The number of nitrogens with zero attached hydrogens (tertiary/aromatic N) is 2. The van der Waals surface area contributed by atoms with Crippen molar-refractivity contribution in [2.75, 3.05) is 6.26 Å². The van der Waals surface area contributed by atoms with Crippen molar-refractivity contribution in [3.8, 4) is 11.6 Å². The van der Waals surface area contributed by atoms with Gasteiger partial charge in [-0.2, -0.15) is 4.98 Å². The SMILES string of the molecule is Cc1cnc(Cl)nc1Oc1ccc(S(C)(=O)=O)cc1. The average Bonchev–Trinajstić information content (AvgIpc) is 2.33. The number of halogens is 1. The molecule has 0 aliphatic heterocycles. The molecule has 2 aromatic rings. The minimum Gasteiger partial charge on any atom is -0.439 e. The smallest absolute Gasteiger partial charge is 0.226 e. The first-order valence-electron chi connectivity index (χ1n) is 5.33. The van der Waals surface area contributed by atoms with Gasteiger partial charge < -0.3 is 4.74 Å². The van der Waals surface area contributed by atoms with Gasteiger partial charge in [0.1, 0.15) is 5.75 Å². The first-order valence-corrected chi connectivity index (χ1v) is 7.60. The molecule has 0 saturated carbocycles. The number of benzene rings is 1. The van der Waals surface area contributed by atoms with Gasteiger partial charge in [-0.15, -0.1) is 0 Å². The number of ether oxygens (including phenoxy) is 1. The molecule has 1 aromatic heterocycles. The Labute approximate surface area is 116 Å². The molecule has 0 spiro atoms. The number of rotatable bonds is 3. The van der Waals surface area contributed by atoms with E-state index < -0.39 is 9.84 Å². The maximum absolute atomic E-state index is 11.3. The zero-order valence-electron chi connectivity index (χ0n) is 10.3. The van der Waals surface area contributed by atoms with E-state index in [0.717, 1.165) is 11.8 Å². The van der Waals surface area contributed by atoms with E-state index in [2.05, 4.69) is 9.97 Å². The zero-order chi connectivity index (χ0) is 14.0.